The zero-order valence-electron chi connectivity index (χ0n) is 14.5. The van der Waals surface area contributed by atoms with Crippen molar-refractivity contribution in [3.05, 3.63) is 53.6 Å². The molecule has 138 valence electrons. The largest absolute Gasteiger partial charge is 0.300 e. The molecule has 2 amide bonds. The number of carbonyl (C=O) groups is 2. The summed E-state index contributed by atoms with van der Waals surface area (Å²) in [6, 6.07) is 10.5. The summed E-state index contributed by atoms with van der Waals surface area (Å²) in [5, 5.41) is 2.98. The molecular weight excluding hydrogens is 386 g/mol. The van der Waals surface area contributed by atoms with Crippen molar-refractivity contribution in [2.24, 2.45) is 0 Å². The van der Waals surface area contributed by atoms with E-state index < -0.39 is 27.9 Å². The smallest absolute Gasteiger partial charge is 0.269 e. The summed E-state index contributed by atoms with van der Waals surface area (Å²) in [4.78, 5) is 29.4. The van der Waals surface area contributed by atoms with Gasteiger partial charge in [-0.05, 0) is 43.7 Å². The molecule has 0 bridgehead atoms. The Bertz CT molecular complexity index is 1200. The van der Waals surface area contributed by atoms with Crippen LogP contribution in [0.4, 0.5) is 5.13 Å². The Morgan fingerprint density at radius 3 is 2.70 bits per heavy atom. The lowest BCUT2D eigenvalue weighted by atomic mass is 10.2. The van der Waals surface area contributed by atoms with E-state index in [1.165, 1.54) is 30.4 Å². The van der Waals surface area contributed by atoms with Gasteiger partial charge in [0.2, 0.25) is 5.91 Å². The van der Waals surface area contributed by atoms with Crippen LogP contribution in [0.15, 0.2) is 47.4 Å². The van der Waals surface area contributed by atoms with E-state index in [1.807, 2.05) is 25.1 Å². The molecule has 1 N–H and O–H groups in total. The summed E-state index contributed by atoms with van der Waals surface area (Å²) in [6.45, 7) is 3.34. The summed E-state index contributed by atoms with van der Waals surface area (Å²) in [7, 11) is -4.06. The Morgan fingerprint density at radius 2 is 1.96 bits per heavy atom. The highest BCUT2D eigenvalue weighted by molar-refractivity contribution is 7.90. The van der Waals surface area contributed by atoms with E-state index in [1.54, 1.807) is 12.1 Å². The van der Waals surface area contributed by atoms with Crippen molar-refractivity contribution in [3.63, 3.8) is 0 Å². The number of hydrogen-bond donors (Lipinski definition) is 1. The number of hydrogen-bond acceptors (Lipinski definition) is 6. The molecule has 0 aliphatic carbocycles. The second-order valence-corrected chi connectivity index (χ2v) is 9.07. The van der Waals surface area contributed by atoms with E-state index in [-0.39, 0.29) is 10.5 Å². The van der Waals surface area contributed by atoms with E-state index in [4.69, 9.17) is 0 Å². The second-order valence-electron chi connectivity index (χ2n) is 6.26. The van der Waals surface area contributed by atoms with Crippen molar-refractivity contribution in [1.82, 2.24) is 9.29 Å². The van der Waals surface area contributed by atoms with Crippen LogP contribution in [0.5, 0.6) is 0 Å². The number of thiazole rings is 1. The molecule has 27 heavy (non-hydrogen) atoms. The molecule has 0 saturated heterocycles. The predicted molar refractivity (Wildman–Crippen MR) is 102 cm³/mol. The van der Waals surface area contributed by atoms with E-state index >= 15 is 0 Å². The number of nitrogens with zero attached hydrogens (tertiary/aromatic N) is 2. The number of aryl methyl sites for hydroxylation is 1. The maximum absolute atomic E-state index is 12.7. The van der Waals surface area contributed by atoms with Crippen LogP contribution >= 0.6 is 11.3 Å². The topological polar surface area (TPSA) is 96.4 Å². The van der Waals surface area contributed by atoms with E-state index in [2.05, 4.69) is 10.3 Å². The first-order valence-corrected chi connectivity index (χ1v) is 10.4. The molecule has 1 aromatic heterocycles. The average molecular weight is 401 g/mol. The second kappa shape index (κ2) is 6.14. The summed E-state index contributed by atoms with van der Waals surface area (Å²) in [5.41, 5.74) is 1.89. The normalized spacial score (nSPS) is 16.4. The number of rotatable bonds is 3. The Kier molecular flexibility index (Phi) is 4.01. The molecule has 0 fully saturated rings. The van der Waals surface area contributed by atoms with Gasteiger partial charge in [-0.25, -0.2) is 17.7 Å². The zero-order valence-corrected chi connectivity index (χ0v) is 16.1. The van der Waals surface area contributed by atoms with Gasteiger partial charge in [0.15, 0.2) is 5.13 Å². The van der Waals surface area contributed by atoms with Crippen LogP contribution < -0.4 is 5.32 Å². The average Bonchev–Trinajstić information content (AvgIpc) is 3.10. The molecule has 0 radical (unpaired) electrons. The molecule has 0 spiro atoms. The van der Waals surface area contributed by atoms with Gasteiger partial charge in [0.25, 0.3) is 15.9 Å². The van der Waals surface area contributed by atoms with Gasteiger partial charge in [-0.15, -0.1) is 0 Å². The highest BCUT2D eigenvalue weighted by Gasteiger charge is 2.45. The summed E-state index contributed by atoms with van der Waals surface area (Å²) >= 11 is 1.29. The van der Waals surface area contributed by atoms with Crippen LogP contribution in [0.2, 0.25) is 0 Å². The lowest BCUT2D eigenvalue weighted by molar-refractivity contribution is -0.118. The van der Waals surface area contributed by atoms with Gasteiger partial charge in [-0.3, -0.25) is 9.59 Å². The van der Waals surface area contributed by atoms with Crippen molar-refractivity contribution in [1.29, 1.82) is 0 Å². The molecule has 3 aromatic rings. The minimum atomic E-state index is -4.06. The number of sulfonamides is 1. The van der Waals surface area contributed by atoms with E-state index in [0.29, 0.717) is 9.44 Å². The Morgan fingerprint density at radius 1 is 1.22 bits per heavy atom. The quantitative estimate of drug-likeness (QED) is 0.728. The molecule has 1 atom stereocenters. The van der Waals surface area contributed by atoms with Gasteiger partial charge in [0.05, 0.1) is 15.8 Å². The lowest BCUT2D eigenvalue weighted by Crippen LogP contribution is -2.45. The summed E-state index contributed by atoms with van der Waals surface area (Å²) in [6.07, 6.45) is 0. The zero-order chi connectivity index (χ0) is 19.3. The van der Waals surface area contributed by atoms with Crippen molar-refractivity contribution in [2.75, 3.05) is 5.32 Å². The Balaban J connectivity index is 1.61. The fourth-order valence-electron chi connectivity index (χ4n) is 2.99. The minimum Gasteiger partial charge on any atom is -0.300 e. The molecule has 2 heterocycles. The van der Waals surface area contributed by atoms with Crippen LogP contribution in [-0.4, -0.2) is 35.6 Å². The SMILES string of the molecule is Cc1ccc2nc(NC(=O)[C@@H](C)N3C(=O)c4ccccc4S3(=O)=O)sc2c1. The summed E-state index contributed by atoms with van der Waals surface area (Å²) < 4.78 is 26.9. The van der Waals surface area contributed by atoms with Gasteiger partial charge < -0.3 is 5.32 Å². The molecule has 4 rings (SSSR count). The highest BCUT2D eigenvalue weighted by atomic mass is 32.2. The standard InChI is InChI=1S/C18H15N3O4S2/c1-10-7-8-13-14(9-10)26-18(19-13)20-16(22)11(2)21-17(23)12-5-3-4-6-15(12)27(21,24)25/h3-9,11H,1-2H3,(H,19,20,22)/t11-/m1/s1. The van der Waals surface area contributed by atoms with Crippen molar-refractivity contribution >= 4 is 48.5 Å². The Labute approximate surface area is 159 Å². The first-order valence-electron chi connectivity index (χ1n) is 8.15. The fraction of sp³-hybridized carbons (Fsp3) is 0.167. The lowest BCUT2D eigenvalue weighted by Gasteiger charge is -2.21. The third kappa shape index (κ3) is 2.79. The highest BCUT2D eigenvalue weighted by Crippen LogP contribution is 2.32. The van der Waals surface area contributed by atoms with Gasteiger partial charge in [-0.1, -0.05) is 29.5 Å². The molecule has 0 unspecified atom stereocenters. The van der Waals surface area contributed by atoms with Crippen molar-refractivity contribution in [2.45, 2.75) is 24.8 Å². The number of anilines is 1. The third-order valence-corrected chi connectivity index (χ3v) is 7.21. The summed E-state index contributed by atoms with van der Waals surface area (Å²) in [5.74, 6) is -1.32. The Hall–Kier alpha value is -2.78. The first-order chi connectivity index (χ1) is 12.8. The molecular formula is C18H15N3O4S2. The third-order valence-electron chi connectivity index (χ3n) is 4.36. The van der Waals surface area contributed by atoms with Crippen LogP contribution in [0.1, 0.15) is 22.8 Å². The molecule has 2 aromatic carbocycles. The molecule has 1 aliphatic rings. The number of amides is 2. The first kappa shape index (κ1) is 17.6. The van der Waals surface area contributed by atoms with Gasteiger partial charge >= 0.3 is 0 Å². The molecule has 7 nitrogen and oxygen atoms in total. The molecule has 1 aliphatic heterocycles. The maximum Gasteiger partial charge on any atom is 0.269 e. The van der Waals surface area contributed by atoms with Crippen LogP contribution in [0.3, 0.4) is 0 Å². The monoisotopic (exact) mass is 401 g/mol. The van der Waals surface area contributed by atoms with Crippen LogP contribution in [0, 0.1) is 6.92 Å². The fourth-order valence-corrected chi connectivity index (χ4v) is 5.68. The van der Waals surface area contributed by atoms with Gasteiger partial charge in [-0.2, -0.15) is 0 Å². The predicted octanol–water partition coefficient (Wildman–Crippen LogP) is 2.78. The minimum absolute atomic E-state index is 0.0765. The molecule has 0 saturated carbocycles. The van der Waals surface area contributed by atoms with Crippen LogP contribution in [-0.2, 0) is 14.8 Å². The maximum atomic E-state index is 12.7. The van der Waals surface area contributed by atoms with Gasteiger partial charge in [0, 0.05) is 0 Å². The van der Waals surface area contributed by atoms with Crippen molar-refractivity contribution in [3.8, 4) is 0 Å². The van der Waals surface area contributed by atoms with Crippen molar-refractivity contribution < 1.29 is 18.0 Å². The van der Waals surface area contributed by atoms with E-state index in [9.17, 15) is 18.0 Å². The number of carbonyl (C=O) groups excluding carboxylic acids is 2. The number of fused-ring (bicyclic) bond motifs is 2. The number of aromatic nitrogens is 1. The van der Waals surface area contributed by atoms with E-state index in [0.717, 1.165) is 15.8 Å². The number of benzene rings is 2. The number of nitrogens with one attached hydrogen (secondary N) is 1. The van der Waals surface area contributed by atoms with Crippen LogP contribution in [0.25, 0.3) is 10.2 Å². The van der Waals surface area contributed by atoms with Gasteiger partial charge in [0.1, 0.15) is 10.9 Å². The molecule has 9 heteroatoms.